The van der Waals surface area contributed by atoms with Gasteiger partial charge >= 0.3 is 5.97 Å². The summed E-state index contributed by atoms with van der Waals surface area (Å²) < 4.78 is 16.1. The van der Waals surface area contributed by atoms with Crippen molar-refractivity contribution >= 4 is 21.9 Å². The third-order valence-electron chi connectivity index (χ3n) is 2.06. The maximum atomic E-state index is 13.3. The largest absolute Gasteiger partial charge is 0.459 e. The minimum Gasteiger partial charge on any atom is -0.459 e. The smallest absolute Gasteiger partial charge is 0.355 e. The molecule has 1 fully saturated rings. The van der Waals surface area contributed by atoms with E-state index >= 15 is 0 Å². The molecule has 1 unspecified atom stereocenters. The van der Waals surface area contributed by atoms with E-state index in [4.69, 9.17) is 4.74 Å². The first-order valence-electron chi connectivity index (χ1n) is 3.59. The molecule has 0 N–H and O–H groups in total. The van der Waals surface area contributed by atoms with Crippen LogP contribution >= 0.6 is 15.9 Å². The molecule has 0 amide bonds. The summed E-state index contributed by atoms with van der Waals surface area (Å²) in [5.74, 6) is -1.20. The molecule has 11 heavy (non-hydrogen) atoms. The second kappa shape index (κ2) is 2.73. The topological polar surface area (TPSA) is 26.3 Å². The Morgan fingerprint density at radius 2 is 2.36 bits per heavy atom. The molecule has 64 valence electrons. The Bertz CT molecular complexity index is 181. The van der Waals surface area contributed by atoms with Crippen molar-refractivity contribution in [2.24, 2.45) is 5.92 Å². The molecule has 1 aliphatic rings. The van der Waals surface area contributed by atoms with Crippen LogP contribution in [0.25, 0.3) is 0 Å². The summed E-state index contributed by atoms with van der Waals surface area (Å²) in [6.07, 6.45) is 0.372. The molecule has 0 spiro atoms. The molecule has 1 aliphatic heterocycles. The Morgan fingerprint density at radius 3 is 2.55 bits per heavy atom. The van der Waals surface area contributed by atoms with Gasteiger partial charge in [0.25, 0.3) is 4.58 Å². The van der Waals surface area contributed by atoms with Crippen molar-refractivity contribution in [3.63, 3.8) is 0 Å². The number of hydrogen-bond donors (Lipinski definition) is 0. The highest BCUT2D eigenvalue weighted by molar-refractivity contribution is 9.10. The lowest BCUT2D eigenvalue weighted by Crippen LogP contribution is -2.28. The number of carbonyl (C=O) groups is 1. The first-order chi connectivity index (χ1) is 5.00. The molecule has 1 heterocycles. The van der Waals surface area contributed by atoms with Crippen LogP contribution in [0.5, 0.6) is 0 Å². The molecule has 0 radical (unpaired) electrons. The van der Waals surface area contributed by atoms with E-state index < -0.39 is 16.5 Å². The van der Waals surface area contributed by atoms with Crippen LogP contribution in [0, 0.1) is 5.92 Å². The van der Waals surface area contributed by atoms with E-state index in [9.17, 15) is 9.18 Å². The average molecular weight is 225 g/mol. The number of alkyl halides is 2. The van der Waals surface area contributed by atoms with Gasteiger partial charge in [0.1, 0.15) is 6.10 Å². The zero-order valence-corrected chi connectivity index (χ0v) is 8.02. The van der Waals surface area contributed by atoms with Gasteiger partial charge in [-0.05, 0) is 22.4 Å². The van der Waals surface area contributed by atoms with Crippen LogP contribution in [0.3, 0.4) is 0 Å². The molecule has 1 rings (SSSR count). The minimum absolute atomic E-state index is 0.285. The highest BCUT2D eigenvalue weighted by Crippen LogP contribution is 2.41. The van der Waals surface area contributed by atoms with Crippen molar-refractivity contribution in [3.05, 3.63) is 0 Å². The predicted octanol–water partition coefficient (Wildman–Crippen LogP) is 2.02. The fourth-order valence-electron chi connectivity index (χ4n) is 1.17. The van der Waals surface area contributed by atoms with Gasteiger partial charge in [-0.25, -0.2) is 9.18 Å². The van der Waals surface area contributed by atoms with Crippen LogP contribution in [0.15, 0.2) is 0 Å². The molecule has 0 aromatic rings. The van der Waals surface area contributed by atoms with Crippen molar-refractivity contribution in [3.8, 4) is 0 Å². The quantitative estimate of drug-likeness (QED) is 0.504. The van der Waals surface area contributed by atoms with E-state index in [1.165, 1.54) is 0 Å². The fourth-order valence-corrected chi connectivity index (χ4v) is 1.56. The lowest BCUT2D eigenvalue weighted by Gasteiger charge is -2.14. The van der Waals surface area contributed by atoms with E-state index in [-0.39, 0.29) is 6.10 Å². The second-order valence-corrected chi connectivity index (χ2v) is 3.92. The van der Waals surface area contributed by atoms with Gasteiger partial charge in [0.15, 0.2) is 0 Å². The summed E-state index contributed by atoms with van der Waals surface area (Å²) in [5.41, 5.74) is 0. The maximum Gasteiger partial charge on any atom is 0.355 e. The molecule has 2 nitrogen and oxygen atoms in total. The van der Waals surface area contributed by atoms with Gasteiger partial charge < -0.3 is 4.74 Å². The lowest BCUT2D eigenvalue weighted by molar-refractivity contribution is -0.146. The van der Waals surface area contributed by atoms with Crippen molar-refractivity contribution < 1.29 is 13.9 Å². The van der Waals surface area contributed by atoms with Gasteiger partial charge in [0.05, 0.1) is 0 Å². The van der Waals surface area contributed by atoms with Crippen LogP contribution in [0.2, 0.25) is 0 Å². The van der Waals surface area contributed by atoms with Crippen molar-refractivity contribution in [2.75, 3.05) is 0 Å². The van der Waals surface area contributed by atoms with Crippen molar-refractivity contribution in [1.29, 1.82) is 0 Å². The van der Waals surface area contributed by atoms with E-state index in [1.807, 2.05) is 6.92 Å². The first-order valence-corrected chi connectivity index (χ1v) is 4.38. The molecule has 0 saturated carbocycles. The lowest BCUT2D eigenvalue weighted by atomic mass is 10.0. The van der Waals surface area contributed by atoms with Crippen LogP contribution in [-0.2, 0) is 9.53 Å². The van der Waals surface area contributed by atoms with Gasteiger partial charge in [-0.3, -0.25) is 0 Å². The highest BCUT2D eigenvalue weighted by atomic mass is 79.9. The predicted molar refractivity (Wildman–Crippen MR) is 42.1 cm³/mol. The SMILES string of the molecule is CC[C@H]1OC(=O)C(F)(Br)[C@H]1C. The molecule has 1 saturated heterocycles. The molecule has 4 heteroatoms. The molecule has 0 aromatic heterocycles. The van der Waals surface area contributed by atoms with Gasteiger partial charge in [-0.1, -0.05) is 13.8 Å². The standard InChI is InChI=1S/C7H10BrFO2/c1-3-5-4(2)7(8,9)6(10)11-5/h4-5H,3H2,1-2H3/t4-,5+,7?/m0/s1. The van der Waals surface area contributed by atoms with Crippen LogP contribution in [-0.4, -0.2) is 16.7 Å². The van der Waals surface area contributed by atoms with Gasteiger partial charge in [-0.15, -0.1) is 0 Å². The first kappa shape index (κ1) is 8.97. The normalized spacial score (nSPS) is 44.2. The zero-order chi connectivity index (χ0) is 8.65. The second-order valence-electron chi connectivity index (χ2n) is 2.76. The summed E-state index contributed by atoms with van der Waals surface area (Å²) >= 11 is 2.71. The number of rotatable bonds is 1. The Morgan fingerprint density at radius 1 is 1.82 bits per heavy atom. The van der Waals surface area contributed by atoms with Gasteiger partial charge in [-0.2, -0.15) is 0 Å². The maximum absolute atomic E-state index is 13.3. The summed E-state index contributed by atoms with van der Waals surface area (Å²) in [6, 6.07) is 0. The van der Waals surface area contributed by atoms with Gasteiger partial charge in [0, 0.05) is 5.92 Å². The monoisotopic (exact) mass is 224 g/mol. The summed E-state index contributed by atoms with van der Waals surface area (Å²) in [7, 11) is 0. The Labute approximate surface area is 73.2 Å². The number of hydrogen-bond acceptors (Lipinski definition) is 2. The zero-order valence-electron chi connectivity index (χ0n) is 6.43. The van der Waals surface area contributed by atoms with Crippen LogP contribution < -0.4 is 0 Å². The number of cyclic esters (lactones) is 1. The third kappa shape index (κ3) is 1.28. The molecular formula is C7H10BrFO2. The molecule has 0 bridgehead atoms. The van der Waals surface area contributed by atoms with Crippen LogP contribution in [0.1, 0.15) is 20.3 Å². The van der Waals surface area contributed by atoms with Gasteiger partial charge in [0.2, 0.25) is 0 Å². The Balaban J connectivity index is 2.80. The fraction of sp³-hybridized carbons (Fsp3) is 0.857. The molecule has 0 aromatic carbocycles. The number of carbonyl (C=O) groups excluding carboxylic acids is 1. The van der Waals surface area contributed by atoms with E-state index in [0.717, 1.165) is 0 Å². The van der Waals surface area contributed by atoms with Crippen molar-refractivity contribution in [1.82, 2.24) is 0 Å². The van der Waals surface area contributed by atoms with Crippen molar-refractivity contribution in [2.45, 2.75) is 31.0 Å². The number of halogens is 2. The van der Waals surface area contributed by atoms with E-state index in [2.05, 4.69) is 15.9 Å². The summed E-state index contributed by atoms with van der Waals surface area (Å²) in [5, 5.41) is 0. The van der Waals surface area contributed by atoms with E-state index in [0.29, 0.717) is 6.42 Å². The summed E-state index contributed by atoms with van der Waals surface area (Å²) in [6.45, 7) is 3.52. The molecular weight excluding hydrogens is 215 g/mol. The minimum atomic E-state index is -1.96. The highest BCUT2D eigenvalue weighted by Gasteiger charge is 2.53. The number of ether oxygens (including phenoxy) is 1. The number of esters is 1. The average Bonchev–Trinajstić information content (AvgIpc) is 2.14. The third-order valence-corrected chi connectivity index (χ3v) is 3.11. The molecule has 0 aliphatic carbocycles. The van der Waals surface area contributed by atoms with E-state index in [1.54, 1.807) is 6.92 Å². The Kier molecular flexibility index (Phi) is 2.23. The Hall–Kier alpha value is -0.120. The molecule has 3 atom stereocenters. The van der Waals surface area contributed by atoms with Crippen LogP contribution in [0.4, 0.5) is 4.39 Å². The summed E-state index contributed by atoms with van der Waals surface area (Å²) in [4.78, 5) is 10.8.